The molecule has 0 spiro atoms. The van der Waals surface area contributed by atoms with E-state index in [0.717, 1.165) is 48.8 Å². The van der Waals surface area contributed by atoms with Gasteiger partial charge in [0.05, 0.1) is 0 Å². The molecule has 1 aliphatic heterocycles. The lowest BCUT2D eigenvalue weighted by atomic mass is 9.70. The Morgan fingerprint density at radius 3 is 2.70 bits per heavy atom. The van der Waals surface area contributed by atoms with Gasteiger partial charge in [0.15, 0.2) is 0 Å². The number of Topliss-reactive ketones (excluding diaryl/α,β-unsaturated/α-hetero) is 1. The summed E-state index contributed by atoms with van der Waals surface area (Å²) in [6.07, 6.45) is 4.40. The van der Waals surface area contributed by atoms with Crippen molar-refractivity contribution in [1.82, 2.24) is 5.32 Å². The van der Waals surface area contributed by atoms with Gasteiger partial charge in [-0.25, -0.2) is 0 Å². The zero-order chi connectivity index (χ0) is 14.6. The number of carbonyl (C=O) groups is 1. The van der Waals surface area contributed by atoms with Gasteiger partial charge in [0.25, 0.3) is 0 Å². The summed E-state index contributed by atoms with van der Waals surface area (Å²) in [7, 11) is 0. The quantitative estimate of drug-likeness (QED) is 0.846. The Kier molecular flexibility index (Phi) is 5.65. The molecule has 1 saturated heterocycles. The highest BCUT2D eigenvalue weighted by Crippen LogP contribution is 2.37. The molecule has 1 heterocycles. The highest BCUT2D eigenvalue weighted by molar-refractivity contribution is 9.10. The van der Waals surface area contributed by atoms with E-state index in [1.54, 1.807) is 0 Å². The summed E-state index contributed by atoms with van der Waals surface area (Å²) in [5.41, 5.74) is 0.796. The summed E-state index contributed by atoms with van der Waals surface area (Å²) < 4.78 is 0.948. The van der Waals surface area contributed by atoms with Gasteiger partial charge in [-0.05, 0) is 50.0 Å². The Hall–Kier alpha value is -0.380. The first-order chi connectivity index (χ1) is 9.57. The average molecular weight is 359 g/mol. The first kappa shape index (κ1) is 16.0. The summed E-state index contributed by atoms with van der Waals surface area (Å²) in [5.74, 6) is 0.352. The van der Waals surface area contributed by atoms with E-state index in [1.807, 2.05) is 18.2 Å². The zero-order valence-electron chi connectivity index (χ0n) is 11.8. The molecule has 0 aliphatic carbocycles. The van der Waals surface area contributed by atoms with Crippen molar-refractivity contribution in [2.45, 2.75) is 39.0 Å². The molecular weight excluding hydrogens is 338 g/mol. The maximum atomic E-state index is 12.8. The minimum Gasteiger partial charge on any atom is -0.317 e. The van der Waals surface area contributed by atoms with E-state index in [0.29, 0.717) is 17.2 Å². The van der Waals surface area contributed by atoms with Gasteiger partial charge in [-0.3, -0.25) is 4.79 Å². The first-order valence-electron chi connectivity index (χ1n) is 7.25. The highest BCUT2D eigenvalue weighted by Gasteiger charge is 2.38. The maximum Gasteiger partial charge on any atom is 0.143 e. The molecule has 1 fully saturated rings. The van der Waals surface area contributed by atoms with Gasteiger partial charge in [0, 0.05) is 21.3 Å². The van der Waals surface area contributed by atoms with Crippen LogP contribution in [0.15, 0.2) is 22.7 Å². The molecule has 1 aromatic carbocycles. The van der Waals surface area contributed by atoms with Crippen molar-refractivity contribution in [2.75, 3.05) is 13.1 Å². The topological polar surface area (TPSA) is 29.1 Å². The van der Waals surface area contributed by atoms with Crippen molar-refractivity contribution in [2.24, 2.45) is 5.41 Å². The number of nitrogens with one attached hydrogen (secondary N) is 1. The van der Waals surface area contributed by atoms with Gasteiger partial charge < -0.3 is 5.32 Å². The van der Waals surface area contributed by atoms with E-state index in [2.05, 4.69) is 28.2 Å². The summed E-state index contributed by atoms with van der Waals surface area (Å²) in [5, 5.41) is 4.03. The summed E-state index contributed by atoms with van der Waals surface area (Å²) in [4.78, 5) is 12.8. The van der Waals surface area contributed by atoms with Gasteiger partial charge in [-0.1, -0.05) is 46.9 Å². The molecule has 2 nitrogen and oxygen atoms in total. The van der Waals surface area contributed by atoms with Crippen LogP contribution < -0.4 is 5.32 Å². The summed E-state index contributed by atoms with van der Waals surface area (Å²) in [6, 6.07) is 5.76. The number of piperidine rings is 1. The molecule has 0 unspecified atom stereocenters. The Morgan fingerprint density at radius 1 is 1.40 bits per heavy atom. The molecule has 1 aliphatic rings. The minimum absolute atomic E-state index is 0.142. The van der Waals surface area contributed by atoms with Crippen LogP contribution in [0.4, 0.5) is 0 Å². The van der Waals surface area contributed by atoms with Crippen molar-refractivity contribution in [3.63, 3.8) is 0 Å². The number of benzene rings is 1. The number of halogens is 2. The van der Waals surface area contributed by atoms with Crippen molar-refractivity contribution in [3.8, 4) is 0 Å². The smallest absolute Gasteiger partial charge is 0.143 e. The van der Waals surface area contributed by atoms with E-state index in [1.165, 1.54) is 0 Å². The van der Waals surface area contributed by atoms with Crippen LogP contribution in [-0.4, -0.2) is 18.9 Å². The van der Waals surface area contributed by atoms with Crippen molar-refractivity contribution < 1.29 is 4.79 Å². The van der Waals surface area contributed by atoms with E-state index >= 15 is 0 Å². The molecule has 0 bridgehead atoms. The molecule has 1 aromatic rings. The molecule has 0 amide bonds. The molecule has 0 saturated carbocycles. The number of carbonyl (C=O) groups excluding carboxylic acids is 1. The third-order valence-electron chi connectivity index (χ3n) is 4.25. The van der Waals surface area contributed by atoms with Crippen LogP contribution in [0.5, 0.6) is 0 Å². The lowest BCUT2D eigenvalue weighted by Gasteiger charge is -2.36. The third kappa shape index (κ3) is 3.63. The Balaban J connectivity index is 2.15. The fraction of sp³-hybridized carbons (Fsp3) is 0.562. The SMILES string of the molecule is CCCC1(C(=O)Cc2ccc(Br)cc2Cl)CCNCC1. The van der Waals surface area contributed by atoms with Gasteiger partial charge >= 0.3 is 0 Å². The van der Waals surface area contributed by atoms with Crippen LogP contribution in [0.3, 0.4) is 0 Å². The van der Waals surface area contributed by atoms with Crippen LogP contribution in [0.25, 0.3) is 0 Å². The number of ketones is 1. The van der Waals surface area contributed by atoms with E-state index in [4.69, 9.17) is 11.6 Å². The largest absolute Gasteiger partial charge is 0.317 e. The second-order valence-electron chi connectivity index (χ2n) is 5.62. The van der Waals surface area contributed by atoms with Crippen molar-refractivity contribution >= 4 is 33.3 Å². The fourth-order valence-corrected chi connectivity index (χ4v) is 3.82. The monoisotopic (exact) mass is 357 g/mol. The van der Waals surface area contributed by atoms with Crippen LogP contribution in [-0.2, 0) is 11.2 Å². The van der Waals surface area contributed by atoms with Crippen LogP contribution in [0.2, 0.25) is 5.02 Å². The lowest BCUT2D eigenvalue weighted by Crippen LogP contribution is -2.42. The molecule has 110 valence electrons. The maximum absolute atomic E-state index is 12.8. The molecule has 0 atom stereocenters. The second kappa shape index (κ2) is 7.06. The molecule has 20 heavy (non-hydrogen) atoms. The average Bonchev–Trinajstić information content (AvgIpc) is 2.43. The highest BCUT2D eigenvalue weighted by atomic mass is 79.9. The standard InChI is InChI=1S/C16H21BrClNO/c1-2-5-16(6-8-19-9-7-16)15(20)10-12-3-4-13(17)11-14(12)18/h3-4,11,19H,2,5-10H2,1H3. The van der Waals surface area contributed by atoms with Gasteiger partial charge in [-0.15, -0.1) is 0 Å². The summed E-state index contributed by atoms with van der Waals surface area (Å²) >= 11 is 9.64. The van der Waals surface area contributed by atoms with Crippen LogP contribution >= 0.6 is 27.5 Å². The molecule has 0 radical (unpaired) electrons. The molecule has 2 rings (SSSR count). The van der Waals surface area contributed by atoms with Gasteiger partial charge in [0.2, 0.25) is 0 Å². The first-order valence-corrected chi connectivity index (χ1v) is 8.42. The van der Waals surface area contributed by atoms with E-state index in [9.17, 15) is 4.79 Å². The molecule has 4 heteroatoms. The van der Waals surface area contributed by atoms with Crippen molar-refractivity contribution in [3.05, 3.63) is 33.3 Å². The predicted octanol–water partition coefficient (Wildman–Crippen LogP) is 4.38. The van der Waals surface area contributed by atoms with Crippen LogP contribution in [0.1, 0.15) is 38.2 Å². The number of hydrogen-bond acceptors (Lipinski definition) is 2. The molecular formula is C16H21BrClNO. The van der Waals surface area contributed by atoms with Crippen molar-refractivity contribution in [1.29, 1.82) is 0 Å². The minimum atomic E-state index is -0.142. The molecule has 0 aromatic heterocycles. The third-order valence-corrected chi connectivity index (χ3v) is 5.09. The Bertz CT molecular complexity index is 478. The van der Waals surface area contributed by atoms with Gasteiger partial charge in [-0.2, -0.15) is 0 Å². The normalized spacial score (nSPS) is 17.9. The lowest BCUT2D eigenvalue weighted by molar-refractivity contribution is -0.130. The molecule has 1 N–H and O–H groups in total. The second-order valence-corrected chi connectivity index (χ2v) is 6.94. The Labute approximate surface area is 134 Å². The van der Waals surface area contributed by atoms with E-state index in [-0.39, 0.29) is 5.41 Å². The van der Waals surface area contributed by atoms with E-state index < -0.39 is 0 Å². The predicted molar refractivity (Wildman–Crippen MR) is 87.3 cm³/mol. The zero-order valence-corrected chi connectivity index (χ0v) is 14.2. The number of rotatable bonds is 5. The fourth-order valence-electron chi connectivity index (χ4n) is 3.08. The van der Waals surface area contributed by atoms with Crippen LogP contribution in [0, 0.1) is 5.41 Å². The number of hydrogen-bond donors (Lipinski definition) is 1. The van der Waals surface area contributed by atoms with Gasteiger partial charge in [0.1, 0.15) is 5.78 Å². The Morgan fingerprint density at radius 2 is 2.10 bits per heavy atom. The summed E-state index contributed by atoms with van der Waals surface area (Å²) in [6.45, 7) is 4.04.